The Morgan fingerprint density at radius 3 is 2.55 bits per heavy atom. The zero-order valence-corrected chi connectivity index (χ0v) is 18.4. The molecule has 8 nitrogen and oxygen atoms in total. The molecule has 10 heteroatoms. The summed E-state index contributed by atoms with van der Waals surface area (Å²) >= 11 is 7.55. The number of hydrogen-bond acceptors (Lipinski definition) is 6. The van der Waals surface area contributed by atoms with Crippen molar-refractivity contribution in [2.45, 2.75) is 0 Å². The molecule has 31 heavy (non-hydrogen) atoms. The number of nitrogens with zero attached hydrogens (tertiary/aromatic N) is 4. The molecule has 160 valence electrons. The molecule has 1 aromatic carbocycles. The van der Waals surface area contributed by atoms with E-state index < -0.39 is 0 Å². The number of hydrogen-bond donors (Lipinski definition) is 2. The molecule has 2 N–H and O–H groups in total. The number of piperazine rings is 1. The lowest BCUT2D eigenvalue weighted by molar-refractivity contribution is 0.102. The van der Waals surface area contributed by atoms with Gasteiger partial charge in [-0.05, 0) is 18.2 Å². The van der Waals surface area contributed by atoms with Crippen LogP contribution in [0.15, 0.2) is 48.0 Å². The topological polar surface area (TPSA) is 90.5 Å². The number of urea groups is 1. The summed E-state index contributed by atoms with van der Waals surface area (Å²) in [5, 5.41) is 8.38. The first kappa shape index (κ1) is 21.1. The maximum atomic E-state index is 12.6. The van der Waals surface area contributed by atoms with E-state index >= 15 is 0 Å². The zero-order chi connectivity index (χ0) is 21.8. The number of thiazole rings is 1. The minimum absolute atomic E-state index is 0.0651. The van der Waals surface area contributed by atoms with E-state index in [1.165, 1.54) is 11.3 Å². The van der Waals surface area contributed by atoms with Gasteiger partial charge in [-0.1, -0.05) is 29.8 Å². The smallest absolute Gasteiger partial charge is 0.317 e. The summed E-state index contributed by atoms with van der Waals surface area (Å²) in [6, 6.07) is 10.9. The largest absolute Gasteiger partial charge is 0.367 e. The summed E-state index contributed by atoms with van der Waals surface area (Å²) in [7, 11) is 1.63. The van der Waals surface area contributed by atoms with Crippen LogP contribution in [0.4, 0.5) is 15.6 Å². The molecule has 0 saturated carbocycles. The Balaban J connectivity index is 1.37. The van der Waals surface area contributed by atoms with Gasteiger partial charge >= 0.3 is 6.03 Å². The minimum Gasteiger partial charge on any atom is -0.367 e. The number of benzene rings is 1. The molecule has 4 rings (SSSR count). The van der Waals surface area contributed by atoms with E-state index in [4.69, 9.17) is 11.6 Å². The van der Waals surface area contributed by atoms with Crippen LogP contribution in [-0.4, -0.2) is 60.0 Å². The van der Waals surface area contributed by atoms with Crippen molar-refractivity contribution in [2.75, 3.05) is 43.4 Å². The Kier molecular flexibility index (Phi) is 6.34. The SMILES string of the molecule is CNC(=O)N1CCN(c2ccc(C(=O)Nc3nc(-c4ccccc4Cl)cs3)nc2)CC1. The van der Waals surface area contributed by atoms with Crippen molar-refractivity contribution >= 4 is 45.7 Å². The van der Waals surface area contributed by atoms with Crippen molar-refractivity contribution in [1.29, 1.82) is 0 Å². The third-order valence-corrected chi connectivity index (χ3v) is 6.09. The summed E-state index contributed by atoms with van der Waals surface area (Å²) in [5.74, 6) is -0.323. The van der Waals surface area contributed by atoms with Gasteiger partial charge < -0.3 is 15.1 Å². The summed E-state index contributed by atoms with van der Waals surface area (Å²) in [5.41, 5.74) is 2.76. The maximum Gasteiger partial charge on any atom is 0.317 e. The monoisotopic (exact) mass is 456 g/mol. The fourth-order valence-corrected chi connectivity index (χ4v) is 4.26. The van der Waals surface area contributed by atoms with Gasteiger partial charge in [0.25, 0.3) is 5.91 Å². The van der Waals surface area contributed by atoms with E-state index in [1.54, 1.807) is 30.3 Å². The van der Waals surface area contributed by atoms with Gasteiger partial charge in [0, 0.05) is 49.2 Å². The van der Waals surface area contributed by atoms with Crippen molar-refractivity contribution < 1.29 is 9.59 Å². The van der Waals surface area contributed by atoms with Gasteiger partial charge in [-0.2, -0.15) is 0 Å². The first-order valence-corrected chi connectivity index (χ1v) is 11.0. The molecule has 0 atom stereocenters. The molecular weight excluding hydrogens is 436 g/mol. The molecule has 0 bridgehead atoms. The zero-order valence-electron chi connectivity index (χ0n) is 16.8. The number of nitrogens with one attached hydrogen (secondary N) is 2. The maximum absolute atomic E-state index is 12.6. The van der Waals surface area contributed by atoms with Gasteiger partial charge in [0.1, 0.15) is 5.69 Å². The molecule has 3 aromatic rings. The Labute approximate surface area is 188 Å². The number of amides is 3. The highest BCUT2D eigenvalue weighted by molar-refractivity contribution is 7.14. The van der Waals surface area contributed by atoms with E-state index in [1.807, 2.05) is 29.6 Å². The Morgan fingerprint density at radius 2 is 1.87 bits per heavy atom. The van der Waals surface area contributed by atoms with Crippen LogP contribution in [0, 0.1) is 0 Å². The summed E-state index contributed by atoms with van der Waals surface area (Å²) in [6.07, 6.45) is 1.68. The average Bonchev–Trinajstić information content (AvgIpc) is 3.27. The molecule has 0 unspecified atom stereocenters. The fraction of sp³-hybridized carbons (Fsp3) is 0.238. The second-order valence-corrected chi connectivity index (χ2v) is 8.17. The summed E-state index contributed by atoms with van der Waals surface area (Å²) < 4.78 is 0. The Bertz CT molecular complexity index is 1080. The molecule has 0 spiro atoms. The molecular formula is C21H21ClN6O2S. The molecule has 0 radical (unpaired) electrons. The average molecular weight is 457 g/mol. The van der Waals surface area contributed by atoms with Gasteiger partial charge in [-0.15, -0.1) is 11.3 Å². The fourth-order valence-electron chi connectivity index (χ4n) is 3.32. The van der Waals surface area contributed by atoms with Crippen LogP contribution in [-0.2, 0) is 0 Å². The highest BCUT2D eigenvalue weighted by atomic mass is 35.5. The van der Waals surface area contributed by atoms with Crippen LogP contribution in [0.1, 0.15) is 10.5 Å². The summed E-state index contributed by atoms with van der Waals surface area (Å²) in [4.78, 5) is 37.0. The third-order valence-electron chi connectivity index (χ3n) is 5.00. The van der Waals surface area contributed by atoms with Gasteiger partial charge in [0.05, 0.1) is 17.6 Å². The number of pyridine rings is 1. The van der Waals surface area contributed by atoms with E-state index in [0.29, 0.717) is 47.7 Å². The van der Waals surface area contributed by atoms with Gasteiger partial charge in [-0.25, -0.2) is 14.8 Å². The standard InChI is InChI=1S/C21H21ClN6O2S/c1-23-21(30)28-10-8-27(9-11-28)14-6-7-17(24-12-14)19(29)26-20-25-18(13-31-20)15-4-2-3-5-16(15)22/h2-7,12-13H,8-11H2,1H3,(H,23,30)(H,25,26,29). The molecule has 3 heterocycles. The van der Waals surface area contributed by atoms with E-state index in [2.05, 4.69) is 25.5 Å². The second kappa shape index (κ2) is 9.32. The molecule has 1 fully saturated rings. The Morgan fingerprint density at radius 1 is 1.10 bits per heavy atom. The van der Waals surface area contributed by atoms with Crippen LogP contribution in [0.2, 0.25) is 5.02 Å². The van der Waals surface area contributed by atoms with E-state index in [-0.39, 0.29) is 11.9 Å². The number of rotatable bonds is 4. The molecule has 2 aromatic heterocycles. The molecule has 1 aliphatic rings. The lowest BCUT2D eigenvalue weighted by atomic mass is 10.2. The molecule has 3 amide bonds. The van der Waals surface area contributed by atoms with Crippen LogP contribution in [0.5, 0.6) is 0 Å². The molecule has 0 aliphatic carbocycles. The van der Waals surface area contributed by atoms with Crippen molar-refractivity contribution in [3.8, 4) is 11.3 Å². The van der Waals surface area contributed by atoms with Crippen LogP contribution < -0.4 is 15.5 Å². The molecule has 1 aliphatic heterocycles. The first-order valence-electron chi connectivity index (χ1n) is 9.74. The predicted octanol–water partition coefficient (Wildman–Crippen LogP) is 3.57. The Hall–Kier alpha value is -3.17. The predicted molar refractivity (Wildman–Crippen MR) is 123 cm³/mol. The van der Waals surface area contributed by atoms with Crippen molar-refractivity contribution in [1.82, 2.24) is 20.2 Å². The van der Waals surface area contributed by atoms with Crippen molar-refractivity contribution in [3.63, 3.8) is 0 Å². The number of carbonyl (C=O) groups is 2. The van der Waals surface area contributed by atoms with Crippen LogP contribution >= 0.6 is 22.9 Å². The third kappa shape index (κ3) is 4.78. The van der Waals surface area contributed by atoms with Gasteiger partial charge in [0.2, 0.25) is 0 Å². The quantitative estimate of drug-likeness (QED) is 0.626. The molecule has 1 saturated heterocycles. The van der Waals surface area contributed by atoms with Gasteiger partial charge in [0.15, 0.2) is 5.13 Å². The van der Waals surface area contributed by atoms with Gasteiger partial charge in [-0.3, -0.25) is 10.1 Å². The van der Waals surface area contributed by atoms with E-state index in [9.17, 15) is 9.59 Å². The highest BCUT2D eigenvalue weighted by Gasteiger charge is 2.21. The van der Waals surface area contributed by atoms with Crippen molar-refractivity contribution in [2.24, 2.45) is 0 Å². The minimum atomic E-state index is -0.323. The highest BCUT2D eigenvalue weighted by Crippen LogP contribution is 2.30. The number of anilines is 2. The first-order chi connectivity index (χ1) is 15.0. The second-order valence-electron chi connectivity index (χ2n) is 6.90. The number of aromatic nitrogens is 2. The lowest BCUT2D eigenvalue weighted by Crippen LogP contribution is -2.51. The number of carbonyl (C=O) groups excluding carboxylic acids is 2. The normalized spacial score (nSPS) is 13.7. The van der Waals surface area contributed by atoms with Crippen LogP contribution in [0.3, 0.4) is 0 Å². The summed E-state index contributed by atoms with van der Waals surface area (Å²) in [6.45, 7) is 2.70. The number of halogens is 1. The van der Waals surface area contributed by atoms with E-state index in [0.717, 1.165) is 11.3 Å². The lowest BCUT2D eigenvalue weighted by Gasteiger charge is -2.35. The van der Waals surface area contributed by atoms with Crippen molar-refractivity contribution in [3.05, 3.63) is 58.7 Å². The van der Waals surface area contributed by atoms with Crippen LogP contribution in [0.25, 0.3) is 11.3 Å².